The van der Waals surface area contributed by atoms with Crippen molar-refractivity contribution in [3.8, 4) is 0 Å². The largest absolute Gasteiger partial charge is 0.481 e. The number of rotatable bonds is 7. The van der Waals surface area contributed by atoms with Crippen LogP contribution >= 0.6 is 11.6 Å². The summed E-state index contributed by atoms with van der Waals surface area (Å²) < 4.78 is 5.40. The van der Waals surface area contributed by atoms with Crippen molar-refractivity contribution in [1.29, 1.82) is 0 Å². The lowest BCUT2D eigenvalue weighted by molar-refractivity contribution is -0.138. The highest BCUT2D eigenvalue weighted by molar-refractivity contribution is 6.31. The van der Waals surface area contributed by atoms with Crippen molar-refractivity contribution in [3.05, 3.63) is 52.5 Å². The Kier molecular flexibility index (Phi) is 7.49. The molecular formula is C22H24ClN3O5. The highest BCUT2D eigenvalue weighted by Gasteiger charge is 2.20. The zero-order valence-corrected chi connectivity index (χ0v) is 17.9. The summed E-state index contributed by atoms with van der Waals surface area (Å²) in [5, 5.41) is 14.8. The predicted molar refractivity (Wildman–Crippen MR) is 119 cm³/mol. The average molecular weight is 446 g/mol. The van der Waals surface area contributed by atoms with Gasteiger partial charge in [0.2, 0.25) is 5.91 Å². The number of carbonyl (C=O) groups excluding carboxylic acids is 2. The number of nitrogens with zero attached hydrogens (tertiary/aromatic N) is 1. The summed E-state index contributed by atoms with van der Waals surface area (Å²) in [4.78, 5) is 37.9. The number of anilines is 3. The van der Waals surface area contributed by atoms with E-state index in [0.29, 0.717) is 48.3 Å². The van der Waals surface area contributed by atoms with E-state index in [4.69, 9.17) is 21.4 Å². The van der Waals surface area contributed by atoms with Gasteiger partial charge in [0.15, 0.2) is 0 Å². The molecule has 9 heteroatoms. The molecule has 2 aromatic carbocycles. The summed E-state index contributed by atoms with van der Waals surface area (Å²) in [6.45, 7) is 4.27. The van der Waals surface area contributed by atoms with Crippen LogP contribution in [0.1, 0.15) is 28.8 Å². The first kappa shape index (κ1) is 22.6. The topological polar surface area (TPSA) is 108 Å². The number of benzene rings is 2. The van der Waals surface area contributed by atoms with Gasteiger partial charge in [-0.3, -0.25) is 14.4 Å². The van der Waals surface area contributed by atoms with Crippen LogP contribution in [0, 0.1) is 6.92 Å². The number of carbonyl (C=O) groups is 3. The molecule has 1 aliphatic heterocycles. The molecule has 2 amide bonds. The fourth-order valence-electron chi connectivity index (χ4n) is 3.19. The maximum Gasteiger partial charge on any atom is 0.303 e. The van der Waals surface area contributed by atoms with Gasteiger partial charge in [-0.2, -0.15) is 0 Å². The number of hydrogen-bond donors (Lipinski definition) is 3. The summed E-state index contributed by atoms with van der Waals surface area (Å²) >= 11 is 6.17. The number of amides is 2. The molecule has 31 heavy (non-hydrogen) atoms. The lowest BCUT2D eigenvalue weighted by Crippen LogP contribution is -2.37. The number of aliphatic carboxylic acids is 1. The van der Waals surface area contributed by atoms with Crippen LogP contribution in [0.3, 0.4) is 0 Å². The van der Waals surface area contributed by atoms with E-state index >= 15 is 0 Å². The maximum atomic E-state index is 13.1. The van der Waals surface area contributed by atoms with Gasteiger partial charge < -0.3 is 25.4 Å². The second kappa shape index (κ2) is 10.3. The van der Waals surface area contributed by atoms with Gasteiger partial charge in [0.25, 0.3) is 5.91 Å². The molecule has 8 nitrogen and oxygen atoms in total. The number of carboxylic acids is 1. The van der Waals surface area contributed by atoms with Crippen molar-refractivity contribution in [2.24, 2.45) is 0 Å². The van der Waals surface area contributed by atoms with Crippen molar-refractivity contribution in [2.45, 2.75) is 19.8 Å². The van der Waals surface area contributed by atoms with Crippen LogP contribution in [0.4, 0.5) is 17.1 Å². The normalized spacial score (nSPS) is 13.5. The molecule has 164 valence electrons. The van der Waals surface area contributed by atoms with E-state index in [1.54, 1.807) is 30.3 Å². The van der Waals surface area contributed by atoms with Gasteiger partial charge in [0.1, 0.15) is 0 Å². The van der Waals surface area contributed by atoms with E-state index in [0.717, 1.165) is 11.3 Å². The van der Waals surface area contributed by atoms with Gasteiger partial charge in [0, 0.05) is 41.6 Å². The third-order valence-electron chi connectivity index (χ3n) is 4.87. The number of halogens is 1. The molecule has 1 heterocycles. The van der Waals surface area contributed by atoms with Crippen LogP contribution in [0.5, 0.6) is 0 Å². The third kappa shape index (κ3) is 6.19. The number of aryl methyl sites for hydroxylation is 1. The van der Waals surface area contributed by atoms with Gasteiger partial charge >= 0.3 is 5.97 Å². The highest BCUT2D eigenvalue weighted by atomic mass is 35.5. The Labute approximate surface area is 185 Å². The van der Waals surface area contributed by atoms with E-state index in [9.17, 15) is 14.4 Å². The second-order valence-electron chi connectivity index (χ2n) is 7.19. The smallest absolute Gasteiger partial charge is 0.303 e. The lowest BCUT2D eigenvalue weighted by Gasteiger charge is -2.30. The third-order valence-corrected chi connectivity index (χ3v) is 5.28. The molecule has 0 unspecified atom stereocenters. The van der Waals surface area contributed by atoms with Crippen molar-refractivity contribution < 1.29 is 24.2 Å². The molecule has 2 aromatic rings. The summed E-state index contributed by atoms with van der Waals surface area (Å²) in [6, 6.07) is 10.3. The zero-order valence-electron chi connectivity index (χ0n) is 17.1. The van der Waals surface area contributed by atoms with E-state index in [-0.39, 0.29) is 18.7 Å². The summed E-state index contributed by atoms with van der Waals surface area (Å²) in [6.07, 6.45) is -0.414. The van der Waals surface area contributed by atoms with Crippen molar-refractivity contribution >= 4 is 46.4 Å². The van der Waals surface area contributed by atoms with Crippen molar-refractivity contribution in [1.82, 2.24) is 0 Å². The van der Waals surface area contributed by atoms with Crippen molar-refractivity contribution in [2.75, 3.05) is 41.8 Å². The number of morpholine rings is 1. The minimum Gasteiger partial charge on any atom is -0.481 e. The monoisotopic (exact) mass is 445 g/mol. The highest BCUT2D eigenvalue weighted by Crippen LogP contribution is 2.27. The minimum absolute atomic E-state index is 0.149. The molecule has 1 saturated heterocycles. The predicted octanol–water partition coefficient (Wildman–Crippen LogP) is 3.54. The lowest BCUT2D eigenvalue weighted by atomic mass is 10.1. The Hall–Kier alpha value is -3.10. The standard InChI is InChI=1S/C22H24ClN3O5/c1-14-2-3-16(13-18(14)23)25-22(30)17-12-15(24-20(27)6-7-21(28)29)4-5-19(17)26-8-10-31-11-9-26/h2-5,12-13H,6-11H2,1H3,(H,24,27)(H,25,30)(H,28,29). The second-order valence-corrected chi connectivity index (χ2v) is 7.60. The number of ether oxygens (including phenoxy) is 1. The van der Waals surface area contributed by atoms with Crippen LogP contribution in [-0.4, -0.2) is 49.2 Å². The number of carboxylic acid groups (broad SMARTS) is 1. The van der Waals surface area contributed by atoms with Gasteiger partial charge in [0.05, 0.1) is 25.2 Å². The fourth-order valence-corrected chi connectivity index (χ4v) is 3.37. The quantitative estimate of drug-likeness (QED) is 0.601. The first-order valence-electron chi connectivity index (χ1n) is 9.89. The fraction of sp³-hybridized carbons (Fsp3) is 0.318. The Bertz CT molecular complexity index is 989. The molecule has 1 aliphatic rings. The van der Waals surface area contributed by atoms with Crippen molar-refractivity contribution in [3.63, 3.8) is 0 Å². The summed E-state index contributed by atoms with van der Waals surface area (Å²) in [5.41, 5.74) is 2.99. The van der Waals surface area contributed by atoms with Crippen LogP contribution in [0.2, 0.25) is 5.02 Å². The molecule has 0 aromatic heterocycles. The SMILES string of the molecule is Cc1ccc(NC(=O)c2cc(NC(=O)CCC(=O)O)ccc2N2CCOCC2)cc1Cl. The Morgan fingerprint density at radius 1 is 1.03 bits per heavy atom. The molecule has 0 aliphatic carbocycles. The molecule has 1 fully saturated rings. The van der Waals surface area contributed by atoms with E-state index in [1.807, 2.05) is 13.0 Å². The summed E-state index contributed by atoms with van der Waals surface area (Å²) in [7, 11) is 0. The first-order chi connectivity index (χ1) is 14.8. The minimum atomic E-state index is -1.05. The zero-order chi connectivity index (χ0) is 22.4. The number of nitrogens with one attached hydrogen (secondary N) is 2. The van der Waals surface area contributed by atoms with Crippen LogP contribution in [0.25, 0.3) is 0 Å². The molecule has 0 atom stereocenters. The molecular weight excluding hydrogens is 422 g/mol. The molecule has 0 bridgehead atoms. The number of hydrogen-bond acceptors (Lipinski definition) is 5. The van der Waals surface area contributed by atoms with Crippen LogP contribution in [0.15, 0.2) is 36.4 Å². The van der Waals surface area contributed by atoms with Gasteiger partial charge in [-0.1, -0.05) is 17.7 Å². The van der Waals surface area contributed by atoms with E-state index < -0.39 is 11.9 Å². The molecule has 3 N–H and O–H groups in total. The Morgan fingerprint density at radius 3 is 2.39 bits per heavy atom. The van der Waals surface area contributed by atoms with Crippen LogP contribution < -0.4 is 15.5 Å². The Morgan fingerprint density at radius 2 is 1.71 bits per heavy atom. The van der Waals surface area contributed by atoms with Gasteiger partial charge in [-0.05, 0) is 42.8 Å². The summed E-state index contributed by atoms with van der Waals surface area (Å²) in [5.74, 6) is -1.82. The van der Waals surface area contributed by atoms with Gasteiger partial charge in [-0.25, -0.2) is 0 Å². The Balaban J connectivity index is 1.85. The van der Waals surface area contributed by atoms with Gasteiger partial charge in [-0.15, -0.1) is 0 Å². The van der Waals surface area contributed by atoms with E-state index in [1.165, 1.54) is 0 Å². The maximum absolute atomic E-state index is 13.1. The van der Waals surface area contributed by atoms with E-state index in [2.05, 4.69) is 15.5 Å². The average Bonchev–Trinajstić information content (AvgIpc) is 2.75. The molecule has 0 radical (unpaired) electrons. The first-order valence-corrected chi connectivity index (χ1v) is 10.3. The molecule has 0 saturated carbocycles. The molecule has 0 spiro atoms. The van der Waals surface area contributed by atoms with Crippen LogP contribution in [-0.2, 0) is 14.3 Å². The molecule has 3 rings (SSSR count).